The molecule has 0 saturated carbocycles. The molecule has 0 aromatic heterocycles. The zero-order valence-electron chi connectivity index (χ0n) is 34.5. The number of fused-ring (bicyclic) bond motifs is 7. The third kappa shape index (κ3) is 5.55. The molecule has 0 aliphatic heterocycles. The first-order chi connectivity index (χ1) is 29.3. The Hall–Kier alpha value is -7.16. The number of nitrogens with zero attached hydrogens (tertiary/aromatic N) is 2. The summed E-state index contributed by atoms with van der Waals surface area (Å²) in [5, 5.41) is 2.43. The van der Waals surface area contributed by atoms with E-state index >= 15 is 0 Å². The fourth-order valence-corrected chi connectivity index (χ4v) is 10.2. The second-order valence-corrected chi connectivity index (χ2v) is 17.4. The van der Waals surface area contributed by atoms with Crippen molar-refractivity contribution < 1.29 is 0 Å². The predicted molar refractivity (Wildman–Crippen MR) is 254 cm³/mol. The maximum atomic E-state index is 2.43. The number of anilines is 6. The highest BCUT2D eigenvalue weighted by atomic mass is 15.1. The summed E-state index contributed by atoms with van der Waals surface area (Å²) >= 11 is 0. The van der Waals surface area contributed by atoms with Gasteiger partial charge in [-0.15, -0.1) is 0 Å². The van der Waals surface area contributed by atoms with Crippen LogP contribution in [0.25, 0.3) is 44.2 Å². The van der Waals surface area contributed by atoms with E-state index in [0.717, 1.165) is 34.1 Å². The second kappa shape index (κ2) is 13.7. The van der Waals surface area contributed by atoms with Crippen LogP contribution in [0.1, 0.15) is 49.9 Å². The van der Waals surface area contributed by atoms with Crippen LogP contribution in [0.5, 0.6) is 0 Å². The summed E-state index contributed by atoms with van der Waals surface area (Å²) in [6.45, 7) is 9.41. The van der Waals surface area contributed by atoms with E-state index in [1.54, 1.807) is 0 Å². The summed E-state index contributed by atoms with van der Waals surface area (Å²) in [4.78, 5) is 4.82. The molecule has 0 bridgehead atoms. The Morgan fingerprint density at radius 1 is 0.283 bits per heavy atom. The summed E-state index contributed by atoms with van der Waals surface area (Å²) in [6, 6.07) is 75.9. The fourth-order valence-electron chi connectivity index (χ4n) is 10.2. The Bertz CT molecular complexity index is 3090. The lowest BCUT2D eigenvalue weighted by Crippen LogP contribution is -2.16. The largest absolute Gasteiger partial charge is 0.310 e. The lowest BCUT2D eigenvalue weighted by atomic mass is 9.82. The molecule has 0 heterocycles. The molecule has 60 heavy (non-hydrogen) atoms. The van der Waals surface area contributed by atoms with Gasteiger partial charge in [0.1, 0.15) is 0 Å². The minimum Gasteiger partial charge on any atom is -0.310 e. The van der Waals surface area contributed by atoms with Crippen molar-refractivity contribution in [3.63, 3.8) is 0 Å². The number of hydrogen-bond donors (Lipinski definition) is 0. The molecule has 0 saturated heterocycles. The molecule has 0 radical (unpaired) electrons. The fraction of sp³-hybridized carbons (Fsp3) is 0.103. The summed E-state index contributed by atoms with van der Waals surface area (Å²) in [5.41, 5.74) is 19.9. The normalized spacial score (nSPS) is 13.9. The van der Waals surface area contributed by atoms with Crippen molar-refractivity contribution in [2.75, 3.05) is 9.80 Å². The average Bonchev–Trinajstić information content (AvgIpc) is 3.66. The van der Waals surface area contributed by atoms with Gasteiger partial charge in [0, 0.05) is 44.7 Å². The van der Waals surface area contributed by atoms with E-state index in [4.69, 9.17) is 0 Å². The molecule has 2 aliphatic carbocycles. The van der Waals surface area contributed by atoms with Gasteiger partial charge in [-0.2, -0.15) is 0 Å². The number of benzene rings is 9. The molecule has 288 valence electrons. The van der Waals surface area contributed by atoms with Crippen LogP contribution in [-0.4, -0.2) is 0 Å². The standard InChI is InChI=1S/C58H46N2/c1-57(2)52-26-13-11-21-47(52)49-35-33-43(37-54(49)57)59(40-17-7-5-8-18-40)42-31-29-39(30-32-42)45-23-15-25-51-46(45)24-16-28-56(51)60(41-19-9-6-10-20-41)44-34-36-50-48-22-12-14-27-53(48)58(3,4)55(50)38-44/h5-38H,1-4H3. The molecule has 2 nitrogen and oxygen atoms in total. The maximum absolute atomic E-state index is 2.43. The van der Waals surface area contributed by atoms with Crippen LogP contribution in [0, 0.1) is 0 Å². The van der Waals surface area contributed by atoms with Gasteiger partial charge in [-0.05, 0) is 128 Å². The van der Waals surface area contributed by atoms with Crippen LogP contribution in [-0.2, 0) is 10.8 Å². The molecule has 9 aromatic rings. The molecular weight excluding hydrogens is 725 g/mol. The molecule has 0 spiro atoms. The summed E-state index contributed by atoms with van der Waals surface area (Å²) in [5.74, 6) is 0. The van der Waals surface area contributed by atoms with E-state index in [9.17, 15) is 0 Å². The molecular formula is C58H46N2. The Kier molecular flexibility index (Phi) is 8.22. The molecule has 0 amide bonds. The van der Waals surface area contributed by atoms with Crippen molar-refractivity contribution in [1.29, 1.82) is 0 Å². The van der Waals surface area contributed by atoms with E-state index in [1.165, 1.54) is 66.4 Å². The lowest BCUT2D eigenvalue weighted by Gasteiger charge is -2.29. The molecule has 2 aliphatic rings. The average molecular weight is 771 g/mol. The third-order valence-electron chi connectivity index (χ3n) is 13.3. The Labute approximate surface area is 353 Å². The minimum absolute atomic E-state index is 0.0829. The SMILES string of the molecule is CC1(C)c2ccccc2-c2ccc(N(c3ccccc3)c3ccc(-c4cccc5c(N(c6ccccc6)c6ccc7c(c6)C(C)(C)c6ccccc6-7)cccc45)cc3)cc21. The molecule has 0 fully saturated rings. The highest BCUT2D eigenvalue weighted by molar-refractivity contribution is 6.06. The van der Waals surface area contributed by atoms with Crippen LogP contribution < -0.4 is 9.80 Å². The van der Waals surface area contributed by atoms with E-state index in [0.29, 0.717) is 0 Å². The van der Waals surface area contributed by atoms with Crippen molar-refractivity contribution in [3.8, 4) is 33.4 Å². The van der Waals surface area contributed by atoms with Gasteiger partial charge in [0.2, 0.25) is 0 Å². The Balaban J connectivity index is 0.998. The molecule has 9 aromatic carbocycles. The van der Waals surface area contributed by atoms with Crippen molar-refractivity contribution in [3.05, 3.63) is 229 Å². The number of hydrogen-bond acceptors (Lipinski definition) is 2. The summed E-state index contributed by atoms with van der Waals surface area (Å²) < 4.78 is 0. The van der Waals surface area contributed by atoms with Crippen molar-refractivity contribution in [1.82, 2.24) is 0 Å². The zero-order valence-corrected chi connectivity index (χ0v) is 34.5. The third-order valence-corrected chi connectivity index (χ3v) is 13.3. The quantitative estimate of drug-likeness (QED) is 0.159. The van der Waals surface area contributed by atoms with E-state index in [-0.39, 0.29) is 10.8 Å². The number of para-hydroxylation sites is 2. The smallest absolute Gasteiger partial charge is 0.0540 e. The highest BCUT2D eigenvalue weighted by Gasteiger charge is 2.37. The van der Waals surface area contributed by atoms with Crippen LogP contribution in [0.2, 0.25) is 0 Å². The first-order valence-corrected chi connectivity index (χ1v) is 21.1. The Morgan fingerprint density at radius 3 is 1.28 bits per heavy atom. The monoisotopic (exact) mass is 770 g/mol. The van der Waals surface area contributed by atoms with E-state index in [1.807, 2.05) is 0 Å². The van der Waals surface area contributed by atoms with E-state index < -0.39 is 0 Å². The summed E-state index contributed by atoms with van der Waals surface area (Å²) in [6.07, 6.45) is 0. The molecule has 0 atom stereocenters. The Morgan fingerprint density at radius 2 is 0.700 bits per heavy atom. The van der Waals surface area contributed by atoms with Crippen molar-refractivity contribution in [2.45, 2.75) is 38.5 Å². The van der Waals surface area contributed by atoms with Crippen LogP contribution in [0.15, 0.2) is 206 Å². The minimum atomic E-state index is -0.0958. The van der Waals surface area contributed by atoms with Crippen molar-refractivity contribution >= 4 is 44.9 Å². The van der Waals surface area contributed by atoms with Gasteiger partial charge in [0.05, 0.1) is 5.69 Å². The second-order valence-electron chi connectivity index (χ2n) is 17.4. The van der Waals surface area contributed by atoms with Crippen LogP contribution in [0.4, 0.5) is 34.1 Å². The summed E-state index contributed by atoms with van der Waals surface area (Å²) in [7, 11) is 0. The first kappa shape index (κ1) is 36.0. The molecule has 2 heteroatoms. The molecule has 11 rings (SSSR count). The van der Waals surface area contributed by atoms with Gasteiger partial charge in [0.25, 0.3) is 0 Å². The number of rotatable bonds is 7. The zero-order chi connectivity index (χ0) is 40.6. The predicted octanol–water partition coefficient (Wildman–Crippen LogP) is 16.1. The van der Waals surface area contributed by atoms with Crippen LogP contribution >= 0.6 is 0 Å². The van der Waals surface area contributed by atoms with Gasteiger partial charge in [-0.3, -0.25) is 0 Å². The highest BCUT2D eigenvalue weighted by Crippen LogP contribution is 2.53. The van der Waals surface area contributed by atoms with Gasteiger partial charge >= 0.3 is 0 Å². The van der Waals surface area contributed by atoms with Gasteiger partial charge in [-0.25, -0.2) is 0 Å². The molecule has 0 unspecified atom stereocenters. The topological polar surface area (TPSA) is 6.48 Å². The van der Waals surface area contributed by atoms with Crippen molar-refractivity contribution in [2.24, 2.45) is 0 Å². The lowest BCUT2D eigenvalue weighted by molar-refractivity contribution is 0.660. The van der Waals surface area contributed by atoms with E-state index in [2.05, 4.69) is 244 Å². The first-order valence-electron chi connectivity index (χ1n) is 21.1. The molecule has 0 N–H and O–H groups in total. The van der Waals surface area contributed by atoms with Gasteiger partial charge in [-0.1, -0.05) is 167 Å². The maximum Gasteiger partial charge on any atom is 0.0540 e. The van der Waals surface area contributed by atoms with Gasteiger partial charge < -0.3 is 9.80 Å². The van der Waals surface area contributed by atoms with Crippen LogP contribution in [0.3, 0.4) is 0 Å². The van der Waals surface area contributed by atoms with Gasteiger partial charge in [0.15, 0.2) is 0 Å².